The fraction of sp³-hybridized carbons (Fsp3) is 0.333. The van der Waals surface area contributed by atoms with Crippen LogP contribution in [0, 0.1) is 10.1 Å². The average molecular weight is 358 g/mol. The summed E-state index contributed by atoms with van der Waals surface area (Å²) in [5.74, 6) is 0.387. The van der Waals surface area contributed by atoms with Gasteiger partial charge in [-0.15, -0.1) is 0 Å². The van der Waals surface area contributed by atoms with Crippen LogP contribution in [0.25, 0.3) is 0 Å². The lowest BCUT2D eigenvalue weighted by molar-refractivity contribution is -0.384. The van der Waals surface area contributed by atoms with Crippen LogP contribution in [0.4, 0.5) is 22.0 Å². The van der Waals surface area contributed by atoms with Crippen molar-refractivity contribution < 1.29 is 14.8 Å². The van der Waals surface area contributed by atoms with Crippen molar-refractivity contribution in [2.45, 2.75) is 32.7 Å². The summed E-state index contributed by atoms with van der Waals surface area (Å²) in [4.78, 5) is 27.4. The molecule has 0 atom stereocenters. The summed E-state index contributed by atoms with van der Waals surface area (Å²) in [5, 5.41) is 23.3. The first-order chi connectivity index (χ1) is 12.2. The standard InChI is InChI=1S/C18H22N4O4/c1-18(2,3)21(17(23)24)16-6-4-5-14(20-16)11-12-19-13-7-9-15(10-8-13)22(25)26/h4-10,19H,11-12H2,1-3H3,(H,23,24). The molecule has 138 valence electrons. The molecule has 0 saturated heterocycles. The number of nitro groups is 1. The van der Waals surface area contributed by atoms with E-state index in [2.05, 4.69) is 10.3 Å². The van der Waals surface area contributed by atoms with Crippen LogP contribution in [0.15, 0.2) is 42.5 Å². The number of hydrogen-bond donors (Lipinski definition) is 2. The van der Waals surface area contributed by atoms with Crippen molar-refractivity contribution in [2.24, 2.45) is 0 Å². The SMILES string of the molecule is CC(C)(C)N(C(=O)O)c1cccc(CCNc2ccc([N+](=O)[O-])cc2)n1. The highest BCUT2D eigenvalue weighted by molar-refractivity contribution is 5.86. The van der Waals surface area contributed by atoms with Gasteiger partial charge in [0, 0.05) is 42.0 Å². The lowest BCUT2D eigenvalue weighted by Crippen LogP contribution is -2.45. The van der Waals surface area contributed by atoms with Gasteiger partial charge in [-0.2, -0.15) is 0 Å². The van der Waals surface area contributed by atoms with Crippen molar-refractivity contribution in [3.8, 4) is 0 Å². The molecular weight excluding hydrogens is 336 g/mol. The lowest BCUT2D eigenvalue weighted by Gasteiger charge is -2.32. The number of aromatic nitrogens is 1. The van der Waals surface area contributed by atoms with Gasteiger partial charge in [0.05, 0.1) is 4.92 Å². The van der Waals surface area contributed by atoms with Crippen LogP contribution < -0.4 is 10.2 Å². The highest BCUT2D eigenvalue weighted by atomic mass is 16.6. The Morgan fingerprint density at radius 2 is 1.88 bits per heavy atom. The second-order valence-electron chi connectivity index (χ2n) is 6.76. The van der Waals surface area contributed by atoms with Gasteiger partial charge in [0.1, 0.15) is 5.82 Å². The van der Waals surface area contributed by atoms with E-state index in [9.17, 15) is 20.0 Å². The predicted molar refractivity (Wildman–Crippen MR) is 99.8 cm³/mol. The van der Waals surface area contributed by atoms with Gasteiger partial charge in [-0.3, -0.25) is 15.0 Å². The summed E-state index contributed by atoms with van der Waals surface area (Å²) < 4.78 is 0. The maximum atomic E-state index is 11.6. The van der Waals surface area contributed by atoms with Crippen molar-refractivity contribution in [1.29, 1.82) is 0 Å². The first kappa shape index (κ1) is 19.2. The van der Waals surface area contributed by atoms with Gasteiger partial charge in [-0.1, -0.05) is 6.07 Å². The maximum absolute atomic E-state index is 11.6. The Balaban J connectivity index is 2.02. The average Bonchev–Trinajstić information content (AvgIpc) is 2.54. The third-order valence-corrected chi connectivity index (χ3v) is 3.67. The van der Waals surface area contributed by atoms with Crippen LogP contribution in [0.1, 0.15) is 26.5 Å². The van der Waals surface area contributed by atoms with Gasteiger partial charge >= 0.3 is 6.09 Å². The Kier molecular flexibility index (Phi) is 5.76. The van der Waals surface area contributed by atoms with E-state index in [1.165, 1.54) is 17.0 Å². The molecule has 1 aromatic heterocycles. The number of non-ortho nitro benzene ring substituents is 1. The molecule has 0 fully saturated rings. The van der Waals surface area contributed by atoms with Crippen LogP contribution in [-0.4, -0.2) is 33.2 Å². The first-order valence-electron chi connectivity index (χ1n) is 8.16. The molecule has 0 aliphatic heterocycles. The number of hydrogen-bond acceptors (Lipinski definition) is 5. The van der Waals surface area contributed by atoms with Crippen molar-refractivity contribution in [2.75, 3.05) is 16.8 Å². The number of carboxylic acid groups (broad SMARTS) is 1. The number of benzene rings is 1. The third kappa shape index (κ3) is 4.92. The molecule has 0 saturated carbocycles. The Labute approximate surface area is 151 Å². The number of rotatable bonds is 6. The Morgan fingerprint density at radius 3 is 2.42 bits per heavy atom. The smallest absolute Gasteiger partial charge is 0.413 e. The molecule has 8 nitrogen and oxygen atoms in total. The second-order valence-corrected chi connectivity index (χ2v) is 6.76. The van der Waals surface area contributed by atoms with E-state index in [1.807, 2.05) is 26.8 Å². The van der Waals surface area contributed by atoms with E-state index >= 15 is 0 Å². The normalized spacial score (nSPS) is 11.0. The summed E-state index contributed by atoms with van der Waals surface area (Å²) in [6, 6.07) is 11.5. The Bertz CT molecular complexity index is 785. The quantitative estimate of drug-likeness (QED) is 0.598. The molecular formula is C18H22N4O4. The molecule has 1 heterocycles. The number of nitrogens with zero attached hydrogens (tertiary/aromatic N) is 3. The molecule has 0 bridgehead atoms. The van der Waals surface area contributed by atoms with Gasteiger partial charge in [0.25, 0.3) is 5.69 Å². The summed E-state index contributed by atoms with van der Waals surface area (Å²) in [7, 11) is 0. The van der Waals surface area contributed by atoms with Crippen molar-refractivity contribution in [3.05, 3.63) is 58.3 Å². The summed E-state index contributed by atoms with van der Waals surface area (Å²) in [5.41, 5.74) is 0.968. The van der Waals surface area contributed by atoms with Gasteiger partial charge in [-0.05, 0) is 45.0 Å². The van der Waals surface area contributed by atoms with Crippen molar-refractivity contribution >= 4 is 23.3 Å². The zero-order valence-corrected chi connectivity index (χ0v) is 15.0. The fourth-order valence-electron chi connectivity index (χ4n) is 2.50. The zero-order chi connectivity index (χ0) is 19.3. The minimum absolute atomic E-state index is 0.0425. The first-order valence-corrected chi connectivity index (χ1v) is 8.16. The van der Waals surface area contributed by atoms with E-state index in [1.54, 1.807) is 24.3 Å². The number of anilines is 2. The number of amides is 1. The van der Waals surface area contributed by atoms with Gasteiger partial charge in [0.15, 0.2) is 0 Å². The summed E-state index contributed by atoms with van der Waals surface area (Å²) in [6.45, 7) is 6.00. The topological polar surface area (TPSA) is 109 Å². The van der Waals surface area contributed by atoms with Gasteiger partial charge < -0.3 is 10.4 Å². The van der Waals surface area contributed by atoms with E-state index in [-0.39, 0.29) is 5.69 Å². The monoisotopic (exact) mass is 358 g/mol. The molecule has 2 N–H and O–H groups in total. The van der Waals surface area contributed by atoms with Gasteiger partial charge in [-0.25, -0.2) is 9.78 Å². The largest absolute Gasteiger partial charge is 0.465 e. The summed E-state index contributed by atoms with van der Waals surface area (Å²) >= 11 is 0. The molecule has 0 aliphatic rings. The molecule has 26 heavy (non-hydrogen) atoms. The molecule has 2 rings (SSSR count). The summed E-state index contributed by atoms with van der Waals surface area (Å²) in [6.07, 6.45) is -0.464. The van der Waals surface area contributed by atoms with Crippen LogP contribution in [0.3, 0.4) is 0 Å². The van der Waals surface area contributed by atoms with Crippen molar-refractivity contribution in [3.63, 3.8) is 0 Å². The minimum atomic E-state index is -1.05. The highest BCUT2D eigenvalue weighted by Crippen LogP contribution is 2.22. The van der Waals surface area contributed by atoms with E-state index < -0.39 is 16.6 Å². The molecule has 0 aliphatic carbocycles. The van der Waals surface area contributed by atoms with Crippen LogP contribution in [0.2, 0.25) is 0 Å². The molecule has 1 aromatic carbocycles. The minimum Gasteiger partial charge on any atom is -0.465 e. The van der Waals surface area contributed by atoms with E-state index in [0.717, 1.165) is 11.4 Å². The van der Waals surface area contributed by atoms with Gasteiger partial charge in [0.2, 0.25) is 0 Å². The Hall–Kier alpha value is -3.16. The maximum Gasteiger partial charge on any atom is 0.413 e. The second kappa shape index (κ2) is 7.81. The molecule has 0 unspecified atom stereocenters. The van der Waals surface area contributed by atoms with E-state index in [0.29, 0.717) is 18.8 Å². The van der Waals surface area contributed by atoms with Crippen LogP contribution in [-0.2, 0) is 6.42 Å². The van der Waals surface area contributed by atoms with E-state index in [4.69, 9.17) is 0 Å². The lowest BCUT2D eigenvalue weighted by atomic mass is 10.1. The number of carbonyl (C=O) groups is 1. The highest BCUT2D eigenvalue weighted by Gasteiger charge is 2.28. The molecule has 0 radical (unpaired) electrons. The van der Waals surface area contributed by atoms with Crippen molar-refractivity contribution in [1.82, 2.24) is 4.98 Å². The zero-order valence-electron chi connectivity index (χ0n) is 15.0. The molecule has 2 aromatic rings. The predicted octanol–water partition coefficient (Wildman–Crippen LogP) is 3.93. The molecule has 8 heteroatoms. The number of pyridine rings is 1. The molecule has 1 amide bonds. The third-order valence-electron chi connectivity index (χ3n) is 3.67. The molecule has 0 spiro atoms. The number of nitrogens with one attached hydrogen (secondary N) is 1. The van der Waals surface area contributed by atoms with Crippen LogP contribution >= 0.6 is 0 Å². The fourth-order valence-corrected chi connectivity index (χ4v) is 2.50. The van der Waals surface area contributed by atoms with Crippen LogP contribution in [0.5, 0.6) is 0 Å². The number of nitro benzene ring substituents is 1. The Morgan fingerprint density at radius 1 is 1.23 bits per heavy atom.